The van der Waals surface area contributed by atoms with Crippen LogP contribution in [0.1, 0.15) is 26.4 Å². The molecule has 1 N–H and O–H groups in total. The highest BCUT2D eigenvalue weighted by Gasteiger charge is 2.39. The van der Waals surface area contributed by atoms with E-state index in [1.165, 1.54) is 17.7 Å². The molecule has 0 unspecified atom stereocenters. The molecule has 0 radical (unpaired) electrons. The Hall–Kier alpha value is -5.40. The van der Waals surface area contributed by atoms with Crippen molar-refractivity contribution in [1.29, 1.82) is 0 Å². The normalized spacial score (nSPS) is 11.5. The Balaban J connectivity index is 1.41. The Morgan fingerprint density at radius 3 is 1.90 bits per heavy atom. The van der Waals surface area contributed by atoms with Crippen LogP contribution in [0.3, 0.4) is 0 Å². The molecule has 3 heterocycles. The lowest BCUT2D eigenvalue weighted by Crippen LogP contribution is -2.38. The SMILES string of the molecule is O=C(O)c1ccc(-c2ncnc3ccc(-c4cnn(C(c5ccccc5)(c5ccccc5)c5ccccc5)c4)cc23)s1. The van der Waals surface area contributed by atoms with E-state index in [-0.39, 0.29) is 4.88 Å². The number of carboxylic acid groups (broad SMARTS) is 1. The van der Waals surface area contributed by atoms with Crippen molar-refractivity contribution < 1.29 is 9.90 Å². The first-order chi connectivity index (χ1) is 20.6. The summed E-state index contributed by atoms with van der Waals surface area (Å²) < 4.78 is 2.05. The van der Waals surface area contributed by atoms with E-state index < -0.39 is 11.5 Å². The van der Waals surface area contributed by atoms with Crippen LogP contribution in [-0.2, 0) is 5.54 Å². The topological polar surface area (TPSA) is 80.9 Å². The summed E-state index contributed by atoms with van der Waals surface area (Å²) >= 11 is 1.20. The molecule has 6 nitrogen and oxygen atoms in total. The summed E-state index contributed by atoms with van der Waals surface area (Å²) in [6.45, 7) is 0. The van der Waals surface area contributed by atoms with E-state index in [4.69, 9.17) is 5.10 Å². The Labute approximate surface area is 246 Å². The van der Waals surface area contributed by atoms with Crippen molar-refractivity contribution in [3.63, 3.8) is 0 Å². The van der Waals surface area contributed by atoms with Crippen molar-refractivity contribution in [1.82, 2.24) is 19.7 Å². The van der Waals surface area contributed by atoms with E-state index >= 15 is 0 Å². The van der Waals surface area contributed by atoms with Gasteiger partial charge in [-0.2, -0.15) is 5.10 Å². The van der Waals surface area contributed by atoms with Gasteiger partial charge in [-0.25, -0.2) is 14.8 Å². The lowest BCUT2D eigenvalue weighted by molar-refractivity contribution is 0.0702. The molecule has 0 saturated carbocycles. The van der Waals surface area contributed by atoms with Crippen LogP contribution in [0, 0.1) is 0 Å². The van der Waals surface area contributed by atoms with Crippen molar-refractivity contribution >= 4 is 28.2 Å². The van der Waals surface area contributed by atoms with Crippen molar-refractivity contribution in [3.05, 3.63) is 162 Å². The molecule has 4 aromatic carbocycles. The number of aromatic carboxylic acids is 1. The number of hydrogen-bond donors (Lipinski definition) is 1. The molecule has 0 saturated heterocycles. The number of carboxylic acids is 1. The Kier molecular flexibility index (Phi) is 6.41. The molecule has 0 fully saturated rings. The van der Waals surface area contributed by atoms with Crippen LogP contribution >= 0.6 is 11.3 Å². The predicted octanol–water partition coefficient (Wildman–Crippen LogP) is 7.76. The summed E-state index contributed by atoms with van der Waals surface area (Å²) in [7, 11) is 0. The summed E-state index contributed by atoms with van der Waals surface area (Å²) in [5.41, 5.74) is 5.97. The van der Waals surface area contributed by atoms with E-state index in [1.807, 2.05) is 41.2 Å². The Morgan fingerprint density at radius 1 is 0.714 bits per heavy atom. The quantitative estimate of drug-likeness (QED) is 0.200. The minimum atomic E-state index is -0.948. The van der Waals surface area contributed by atoms with Gasteiger partial charge in [0.25, 0.3) is 0 Å². The van der Waals surface area contributed by atoms with Crippen molar-refractivity contribution in [2.24, 2.45) is 0 Å². The molecule has 0 amide bonds. The molecule has 0 aliphatic rings. The molecule has 3 aromatic heterocycles. The first kappa shape index (κ1) is 25.6. The first-order valence-electron chi connectivity index (χ1n) is 13.4. The molecular formula is C35H24N4O2S. The van der Waals surface area contributed by atoms with Crippen LogP contribution in [0.15, 0.2) is 140 Å². The predicted molar refractivity (Wildman–Crippen MR) is 166 cm³/mol. The van der Waals surface area contributed by atoms with Crippen molar-refractivity contribution in [3.8, 4) is 21.7 Å². The molecule has 7 heteroatoms. The third kappa shape index (κ3) is 4.27. The number of thiophene rings is 1. The number of carbonyl (C=O) groups is 1. The molecule has 0 aliphatic heterocycles. The van der Waals surface area contributed by atoms with Gasteiger partial charge in [0.15, 0.2) is 0 Å². The highest BCUT2D eigenvalue weighted by molar-refractivity contribution is 7.17. The second-order valence-corrected chi connectivity index (χ2v) is 11.0. The molecule has 7 rings (SSSR count). The number of nitrogens with zero attached hydrogens (tertiary/aromatic N) is 4. The molecule has 0 spiro atoms. The van der Waals surface area contributed by atoms with E-state index in [9.17, 15) is 9.90 Å². The van der Waals surface area contributed by atoms with E-state index in [0.717, 1.165) is 43.6 Å². The van der Waals surface area contributed by atoms with Crippen molar-refractivity contribution in [2.45, 2.75) is 5.54 Å². The highest BCUT2D eigenvalue weighted by Crippen LogP contribution is 2.41. The van der Waals surface area contributed by atoms with Crippen LogP contribution in [-0.4, -0.2) is 30.8 Å². The highest BCUT2D eigenvalue weighted by atomic mass is 32.1. The lowest BCUT2D eigenvalue weighted by atomic mass is 9.77. The summed E-state index contributed by atoms with van der Waals surface area (Å²) in [5.74, 6) is -0.948. The van der Waals surface area contributed by atoms with Gasteiger partial charge < -0.3 is 5.11 Å². The smallest absolute Gasteiger partial charge is 0.345 e. The maximum atomic E-state index is 11.5. The van der Waals surface area contributed by atoms with E-state index in [2.05, 4.69) is 95.0 Å². The number of benzene rings is 4. The van der Waals surface area contributed by atoms with E-state index in [1.54, 1.807) is 12.1 Å². The fourth-order valence-electron chi connectivity index (χ4n) is 5.60. The molecule has 42 heavy (non-hydrogen) atoms. The van der Waals surface area contributed by atoms with Crippen molar-refractivity contribution in [2.75, 3.05) is 0 Å². The molecule has 0 atom stereocenters. The lowest BCUT2D eigenvalue weighted by Gasteiger charge is -2.36. The zero-order valence-corrected chi connectivity index (χ0v) is 23.1. The molecule has 7 aromatic rings. The van der Waals surface area contributed by atoms with Crippen LogP contribution in [0.25, 0.3) is 32.6 Å². The Morgan fingerprint density at radius 2 is 1.33 bits per heavy atom. The van der Waals surface area contributed by atoms with Crippen LogP contribution < -0.4 is 0 Å². The summed E-state index contributed by atoms with van der Waals surface area (Å²) in [6, 6.07) is 40.8. The van der Waals surface area contributed by atoms with Gasteiger partial charge in [-0.05, 0) is 46.5 Å². The number of aromatic nitrogens is 4. The molecule has 0 bridgehead atoms. The fourth-order valence-corrected chi connectivity index (χ4v) is 6.46. The Bertz CT molecular complexity index is 1920. The van der Waals surface area contributed by atoms with Gasteiger partial charge in [-0.1, -0.05) is 97.1 Å². The molecule has 0 aliphatic carbocycles. The fraction of sp³-hybridized carbons (Fsp3) is 0.0286. The summed E-state index contributed by atoms with van der Waals surface area (Å²) in [6.07, 6.45) is 5.50. The number of rotatable bonds is 7. The van der Waals surface area contributed by atoms with Gasteiger partial charge >= 0.3 is 5.97 Å². The molecule has 202 valence electrons. The van der Waals surface area contributed by atoms with Gasteiger partial charge in [0, 0.05) is 17.1 Å². The van der Waals surface area contributed by atoms with Gasteiger partial charge in [-0.15, -0.1) is 11.3 Å². The second kappa shape index (κ2) is 10.5. The average Bonchev–Trinajstić information content (AvgIpc) is 3.74. The summed E-state index contributed by atoms with van der Waals surface area (Å²) in [4.78, 5) is 21.6. The number of fused-ring (bicyclic) bond motifs is 1. The third-order valence-corrected chi connectivity index (χ3v) is 8.60. The van der Waals surface area contributed by atoms with Gasteiger partial charge in [0.1, 0.15) is 16.7 Å². The first-order valence-corrected chi connectivity index (χ1v) is 14.3. The minimum absolute atomic E-state index is 0.272. The number of hydrogen-bond acceptors (Lipinski definition) is 5. The van der Waals surface area contributed by atoms with Crippen LogP contribution in [0.5, 0.6) is 0 Å². The second-order valence-electron chi connectivity index (χ2n) is 9.91. The standard InChI is InChI=1S/C35H24N4O2S/c40-34(41)32-19-18-31(42-32)33-29-20-24(16-17-30(29)36-23-37-33)25-21-38-39(22-25)35(26-10-4-1-5-11-26,27-12-6-2-7-13-27)28-14-8-3-9-15-28/h1-23H,(H,40,41). The maximum Gasteiger partial charge on any atom is 0.345 e. The van der Waals surface area contributed by atoms with Gasteiger partial charge in [-0.3, -0.25) is 4.68 Å². The van der Waals surface area contributed by atoms with E-state index in [0.29, 0.717) is 5.69 Å². The van der Waals surface area contributed by atoms with Gasteiger partial charge in [0.2, 0.25) is 0 Å². The largest absolute Gasteiger partial charge is 0.477 e. The monoisotopic (exact) mass is 564 g/mol. The van der Waals surface area contributed by atoms with Gasteiger partial charge in [0.05, 0.1) is 22.3 Å². The average molecular weight is 565 g/mol. The summed E-state index contributed by atoms with van der Waals surface area (Å²) in [5, 5.41) is 15.3. The maximum absolute atomic E-state index is 11.5. The third-order valence-electron chi connectivity index (χ3n) is 7.52. The molecular weight excluding hydrogens is 540 g/mol. The zero-order chi connectivity index (χ0) is 28.5. The minimum Gasteiger partial charge on any atom is -0.477 e. The van der Waals surface area contributed by atoms with Crippen LogP contribution in [0.4, 0.5) is 0 Å². The van der Waals surface area contributed by atoms with Crippen LogP contribution in [0.2, 0.25) is 0 Å². The zero-order valence-electron chi connectivity index (χ0n) is 22.3.